The van der Waals surface area contributed by atoms with Crippen LogP contribution in [0.5, 0.6) is 5.95 Å². The van der Waals surface area contributed by atoms with Crippen LogP contribution in [0.4, 0.5) is 10.5 Å². The fourth-order valence-corrected chi connectivity index (χ4v) is 6.29. The van der Waals surface area contributed by atoms with Crippen molar-refractivity contribution >= 4 is 67.6 Å². The molecule has 1 fully saturated rings. The maximum atomic E-state index is 13.0. The zero-order valence-electron chi connectivity index (χ0n) is 15.7. The Kier molecular flexibility index (Phi) is 5.97. The Labute approximate surface area is 192 Å². The van der Waals surface area contributed by atoms with Gasteiger partial charge in [0, 0.05) is 37.6 Å². The highest BCUT2D eigenvalue weighted by atomic mass is 35.5. The molecule has 1 N–H and O–H groups in total. The van der Waals surface area contributed by atoms with Crippen molar-refractivity contribution in [2.45, 2.75) is 4.90 Å². The molecule has 4 rings (SSSR count). The van der Waals surface area contributed by atoms with Crippen LogP contribution in [-0.2, 0) is 10.0 Å². The van der Waals surface area contributed by atoms with Gasteiger partial charge in [-0.05, 0) is 24.3 Å². The minimum absolute atomic E-state index is 0.0720. The predicted octanol–water partition coefficient (Wildman–Crippen LogP) is 4.96. The van der Waals surface area contributed by atoms with Crippen molar-refractivity contribution in [2.24, 2.45) is 0 Å². The number of fused-ring (bicyclic) bond motifs is 1. The number of hydrogen-bond acceptors (Lipinski definition) is 6. The number of furan rings is 1. The fraction of sp³-hybridized carbons (Fsp3) is 0.211. The number of ether oxygens (including phenoxy) is 1. The minimum Gasteiger partial charge on any atom is -0.449 e. The number of carbonyl (C=O) groups is 1. The highest BCUT2D eigenvalue weighted by molar-refractivity contribution is 7.89. The van der Waals surface area contributed by atoms with Crippen molar-refractivity contribution in [1.82, 2.24) is 4.31 Å². The fourth-order valence-electron chi connectivity index (χ4n) is 3.45. The zero-order valence-corrected chi connectivity index (χ0v) is 18.8. The predicted molar refractivity (Wildman–Crippen MR) is 117 cm³/mol. The number of anilines is 1. The van der Waals surface area contributed by atoms with Gasteiger partial charge in [-0.25, -0.2) is 13.2 Å². The van der Waals surface area contributed by atoms with Crippen LogP contribution in [0.2, 0.25) is 15.1 Å². The Morgan fingerprint density at radius 2 is 1.68 bits per heavy atom. The smallest absolute Gasteiger partial charge is 0.449 e. The first-order valence-corrected chi connectivity index (χ1v) is 11.6. The normalized spacial score (nSPS) is 15.4. The Morgan fingerprint density at radius 3 is 2.29 bits per heavy atom. The third kappa shape index (κ3) is 4.16. The molecule has 0 amide bonds. The summed E-state index contributed by atoms with van der Waals surface area (Å²) in [6.45, 7) is 1.17. The standard InChI is InChI=1S/C19H15Cl3N2O6S/c20-12-2-1-3-13(21)18(12)31(27,28)24-8-6-23(7-9-24)14-4-5-15-11(17(14)22)10-16(29-15)30-19(25)26/h1-5,10H,6-9H2,(H,25,26). The summed E-state index contributed by atoms with van der Waals surface area (Å²) in [7, 11) is -3.86. The number of hydrogen-bond donors (Lipinski definition) is 1. The molecule has 8 nitrogen and oxygen atoms in total. The van der Waals surface area contributed by atoms with Crippen molar-refractivity contribution in [1.29, 1.82) is 0 Å². The number of rotatable bonds is 4. The number of piperazine rings is 1. The van der Waals surface area contributed by atoms with E-state index in [4.69, 9.17) is 44.3 Å². The number of sulfonamides is 1. The number of carboxylic acid groups (broad SMARTS) is 1. The summed E-state index contributed by atoms with van der Waals surface area (Å²) in [5.74, 6) is -0.186. The van der Waals surface area contributed by atoms with Crippen molar-refractivity contribution < 1.29 is 27.5 Å². The molecular weight excluding hydrogens is 491 g/mol. The molecule has 0 bridgehead atoms. The van der Waals surface area contributed by atoms with Gasteiger partial charge in [0.15, 0.2) is 0 Å². The molecule has 0 spiro atoms. The first-order chi connectivity index (χ1) is 14.7. The topological polar surface area (TPSA) is 100 Å². The van der Waals surface area contributed by atoms with E-state index >= 15 is 0 Å². The van der Waals surface area contributed by atoms with E-state index in [0.29, 0.717) is 34.8 Å². The highest BCUT2D eigenvalue weighted by Gasteiger charge is 2.32. The van der Waals surface area contributed by atoms with Gasteiger partial charge in [-0.3, -0.25) is 0 Å². The van der Waals surface area contributed by atoms with Gasteiger partial charge in [-0.2, -0.15) is 4.31 Å². The Bertz CT molecular complexity index is 1250. The van der Waals surface area contributed by atoms with Gasteiger partial charge in [-0.1, -0.05) is 40.9 Å². The van der Waals surface area contributed by atoms with E-state index in [1.165, 1.54) is 22.5 Å². The molecule has 0 unspecified atom stereocenters. The summed E-state index contributed by atoms with van der Waals surface area (Å²) >= 11 is 18.7. The summed E-state index contributed by atoms with van der Waals surface area (Å²) in [5.41, 5.74) is 1.05. The van der Waals surface area contributed by atoms with E-state index in [2.05, 4.69) is 4.74 Å². The summed E-state index contributed by atoms with van der Waals surface area (Å²) < 4.78 is 37.3. The molecule has 2 heterocycles. The second-order valence-corrected chi connectivity index (χ2v) is 9.75. The van der Waals surface area contributed by atoms with Gasteiger partial charge in [-0.15, -0.1) is 0 Å². The van der Waals surface area contributed by atoms with Gasteiger partial charge < -0.3 is 19.2 Å². The maximum absolute atomic E-state index is 13.0. The van der Waals surface area contributed by atoms with Crippen molar-refractivity contribution in [3.8, 4) is 5.95 Å². The van der Waals surface area contributed by atoms with Crippen LogP contribution < -0.4 is 9.64 Å². The van der Waals surface area contributed by atoms with Crippen LogP contribution in [-0.4, -0.2) is 50.2 Å². The van der Waals surface area contributed by atoms with E-state index in [-0.39, 0.29) is 34.0 Å². The molecule has 0 aliphatic carbocycles. The van der Waals surface area contributed by atoms with E-state index in [9.17, 15) is 13.2 Å². The maximum Gasteiger partial charge on any atom is 0.513 e. The highest BCUT2D eigenvalue weighted by Crippen LogP contribution is 2.38. The Morgan fingerprint density at radius 1 is 1.03 bits per heavy atom. The Balaban J connectivity index is 1.55. The van der Waals surface area contributed by atoms with Gasteiger partial charge in [0.1, 0.15) is 10.5 Å². The largest absolute Gasteiger partial charge is 0.513 e. The molecule has 0 radical (unpaired) electrons. The first kappa shape index (κ1) is 22.0. The number of benzene rings is 2. The SMILES string of the molecule is O=C(O)Oc1cc2c(Cl)c(N3CCN(S(=O)(=O)c4c(Cl)cccc4Cl)CC3)ccc2o1. The molecule has 164 valence electrons. The zero-order chi connectivity index (χ0) is 22.3. The van der Waals surface area contributed by atoms with E-state index in [0.717, 1.165) is 0 Å². The second kappa shape index (κ2) is 8.40. The van der Waals surface area contributed by atoms with Crippen molar-refractivity contribution in [2.75, 3.05) is 31.1 Å². The van der Waals surface area contributed by atoms with Crippen LogP contribution in [0, 0.1) is 0 Å². The molecule has 1 saturated heterocycles. The summed E-state index contributed by atoms with van der Waals surface area (Å²) in [6.07, 6.45) is -1.49. The lowest BCUT2D eigenvalue weighted by Crippen LogP contribution is -2.48. The van der Waals surface area contributed by atoms with Crippen molar-refractivity contribution in [3.05, 3.63) is 51.5 Å². The van der Waals surface area contributed by atoms with Gasteiger partial charge >= 0.3 is 6.16 Å². The molecule has 0 saturated carbocycles. The van der Waals surface area contributed by atoms with E-state index in [1.807, 2.05) is 4.90 Å². The molecule has 1 aliphatic heterocycles. The third-order valence-corrected chi connectivity index (χ3v) is 8.13. The quantitative estimate of drug-likeness (QED) is 0.500. The van der Waals surface area contributed by atoms with Gasteiger partial charge in [0.2, 0.25) is 10.0 Å². The molecule has 1 aliphatic rings. The molecule has 0 atom stereocenters. The lowest BCUT2D eigenvalue weighted by Gasteiger charge is -2.36. The van der Waals surface area contributed by atoms with E-state index in [1.54, 1.807) is 18.2 Å². The molecule has 3 aromatic rings. The van der Waals surface area contributed by atoms with Gasteiger partial charge in [0.05, 0.1) is 20.8 Å². The average molecular weight is 506 g/mol. The molecule has 1 aromatic heterocycles. The summed E-state index contributed by atoms with van der Waals surface area (Å²) in [6, 6.07) is 9.33. The minimum atomic E-state index is -3.86. The van der Waals surface area contributed by atoms with E-state index < -0.39 is 16.2 Å². The number of nitrogens with zero attached hydrogens (tertiary/aromatic N) is 2. The lowest BCUT2D eigenvalue weighted by molar-refractivity contribution is 0.134. The van der Waals surface area contributed by atoms with Crippen LogP contribution in [0.1, 0.15) is 0 Å². The number of halogens is 3. The molecular formula is C19H15Cl3N2O6S. The average Bonchev–Trinajstić information content (AvgIpc) is 3.11. The third-order valence-electron chi connectivity index (χ3n) is 4.88. The molecule has 12 heteroatoms. The Hall–Kier alpha value is -2.17. The van der Waals surface area contributed by atoms with Gasteiger partial charge in [0.25, 0.3) is 5.95 Å². The second-order valence-electron chi connectivity index (χ2n) is 6.69. The van der Waals surface area contributed by atoms with Crippen LogP contribution in [0.25, 0.3) is 11.0 Å². The van der Waals surface area contributed by atoms with Crippen LogP contribution in [0.3, 0.4) is 0 Å². The summed E-state index contributed by atoms with van der Waals surface area (Å²) in [5, 5.41) is 9.72. The van der Waals surface area contributed by atoms with Crippen molar-refractivity contribution in [3.63, 3.8) is 0 Å². The lowest BCUT2D eigenvalue weighted by atomic mass is 10.2. The molecule has 2 aromatic carbocycles. The first-order valence-electron chi connectivity index (χ1n) is 9.00. The molecule has 31 heavy (non-hydrogen) atoms. The monoisotopic (exact) mass is 504 g/mol. The summed E-state index contributed by atoms with van der Waals surface area (Å²) in [4.78, 5) is 12.5. The van der Waals surface area contributed by atoms with Crippen LogP contribution >= 0.6 is 34.8 Å². The van der Waals surface area contributed by atoms with Crippen LogP contribution in [0.15, 0.2) is 45.7 Å².